The Bertz CT molecular complexity index is 457. The number of nitrogen functional groups attached to an aromatic ring is 2. The summed E-state index contributed by atoms with van der Waals surface area (Å²) in [4.78, 5) is 0. The monoisotopic (exact) mass is 218 g/mol. The number of sulfone groups is 1. The fourth-order valence-electron chi connectivity index (χ4n) is 1.06. The summed E-state index contributed by atoms with van der Waals surface area (Å²) in [5.74, 6) is -0.872. The predicted molar refractivity (Wildman–Crippen MR) is 53.8 cm³/mol. The molecule has 14 heavy (non-hydrogen) atoms. The van der Waals surface area contributed by atoms with Gasteiger partial charge in [-0.1, -0.05) is 0 Å². The molecule has 0 aliphatic carbocycles. The van der Waals surface area contributed by atoms with Crippen molar-refractivity contribution in [2.75, 3.05) is 17.7 Å². The average molecular weight is 218 g/mol. The zero-order valence-corrected chi connectivity index (χ0v) is 8.44. The Morgan fingerprint density at radius 2 is 1.86 bits per heavy atom. The highest BCUT2D eigenvalue weighted by Gasteiger charge is 2.10. The first-order valence-electron chi connectivity index (χ1n) is 3.80. The van der Waals surface area contributed by atoms with E-state index in [9.17, 15) is 12.8 Å². The highest BCUT2D eigenvalue weighted by atomic mass is 32.2. The van der Waals surface area contributed by atoms with E-state index in [-0.39, 0.29) is 17.1 Å². The third-order valence-electron chi connectivity index (χ3n) is 1.68. The maximum absolute atomic E-state index is 12.8. The van der Waals surface area contributed by atoms with E-state index in [0.29, 0.717) is 5.56 Å². The van der Waals surface area contributed by atoms with Crippen molar-refractivity contribution in [1.82, 2.24) is 0 Å². The van der Waals surface area contributed by atoms with Crippen LogP contribution in [0.5, 0.6) is 0 Å². The second kappa shape index (κ2) is 3.45. The van der Waals surface area contributed by atoms with Crippen LogP contribution in [0.4, 0.5) is 15.8 Å². The summed E-state index contributed by atoms with van der Waals surface area (Å²) in [6, 6.07) is 2.27. The predicted octanol–water partition coefficient (Wildman–Crippen LogP) is 0.535. The summed E-state index contributed by atoms with van der Waals surface area (Å²) in [6.45, 7) is 0. The zero-order chi connectivity index (χ0) is 10.9. The number of hydrogen-bond acceptors (Lipinski definition) is 4. The summed E-state index contributed by atoms with van der Waals surface area (Å²) >= 11 is 0. The van der Waals surface area contributed by atoms with Gasteiger partial charge in [0.05, 0.1) is 11.4 Å². The lowest BCUT2D eigenvalue weighted by Crippen LogP contribution is -2.05. The van der Waals surface area contributed by atoms with Crippen molar-refractivity contribution in [3.05, 3.63) is 23.5 Å². The van der Waals surface area contributed by atoms with Crippen molar-refractivity contribution in [2.24, 2.45) is 0 Å². The summed E-state index contributed by atoms with van der Waals surface area (Å²) in [5.41, 5.74) is 11.0. The second-order valence-corrected chi connectivity index (χ2v) is 5.28. The number of hydrogen-bond donors (Lipinski definition) is 2. The van der Waals surface area contributed by atoms with Crippen LogP contribution in [0.2, 0.25) is 0 Å². The quantitative estimate of drug-likeness (QED) is 0.709. The molecule has 0 unspecified atom stereocenters. The van der Waals surface area contributed by atoms with Crippen LogP contribution in [0.3, 0.4) is 0 Å². The summed E-state index contributed by atoms with van der Waals surface area (Å²) < 4.78 is 34.8. The lowest BCUT2D eigenvalue weighted by Gasteiger charge is -2.06. The van der Waals surface area contributed by atoms with E-state index in [1.165, 1.54) is 6.07 Å². The van der Waals surface area contributed by atoms with Gasteiger partial charge in [-0.15, -0.1) is 0 Å². The third-order valence-corrected chi connectivity index (χ3v) is 2.51. The first-order chi connectivity index (χ1) is 6.29. The standard InChI is InChI=1S/C8H11FN2O2S/c1-14(12,13)4-5-2-8(11)6(9)3-7(5)10/h2-3H,4,10-11H2,1H3. The van der Waals surface area contributed by atoms with Gasteiger partial charge < -0.3 is 11.5 Å². The molecule has 0 bridgehead atoms. The Labute approximate surface area is 81.6 Å². The van der Waals surface area contributed by atoms with E-state index in [1.807, 2.05) is 0 Å². The molecule has 6 heteroatoms. The smallest absolute Gasteiger partial charge is 0.151 e. The summed E-state index contributed by atoms with van der Waals surface area (Å²) in [5, 5.41) is 0. The van der Waals surface area contributed by atoms with Crippen LogP contribution in [-0.4, -0.2) is 14.7 Å². The van der Waals surface area contributed by atoms with Gasteiger partial charge in [0.2, 0.25) is 0 Å². The van der Waals surface area contributed by atoms with E-state index < -0.39 is 15.7 Å². The summed E-state index contributed by atoms with van der Waals surface area (Å²) in [7, 11) is -3.19. The topological polar surface area (TPSA) is 86.2 Å². The van der Waals surface area contributed by atoms with Crippen LogP contribution in [0.1, 0.15) is 5.56 Å². The van der Waals surface area contributed by atoms with Crippen LogP contribution in [-0.2, 0) is 15.6 Å². The fraction of sp³-hybridized carbons (Fsp3) is 0.250. The van der Waals surface area contributed by atoms with Gasteiger partial charge in [-0.05, 0) is 17.7 Å². The second-order valence-electron chi connectivity index (χ2n) is 3.14. The Hall–Kier alpha value is -1.30. The first kappa shape index (κ1) is 10.8. The Kier molecular flexibility index (Phi) is 2.66. The lowest BCUT2D eigenvalue weighted by atomic mass is 10.2. The van der Waals surface area contributed by atoms with Crippen molar-refractivity contribution in [3.63, 3.8) is 0 Å². The molecule has 4 nitrogen and oxygen atoms in total. The molecule has 78 valence electrons. The van der Waals surface area contributed by atoms with Crippen molar-refractivity contribution in [1.29, 1.82) is 0 Å². The van der Waals surface area contributed by atoms with E-state index in [4.69, 9.17) is 11.5 Å². The highest BCUT2D eigenvalue weighted by Crippen LogP contribution is 2.21. The van der Waals surface area contributed by atoms with Crippen LogP contribution in [0.25, 0.3) is 0 Å². The molecule has 1 aromatic rings. The van der Waals surface area contributed by atoms with Crippen molar-refractivity contribution >= 4 is 21.2 Å². The van der Waals surface area contributed by atoms with Crippen LogP contribution < -0.4 is 11.5 Å². The Morgan fingerprint density at radius 1 is 1.29 bits per heavy atom. The van der Waals surface area contributed by atoms with Gasteiger partial charge in [-0.2, -0.15) is 0 Å². The number of rotatable bonds is 2. The van der Waals surface area contributed by atoms with Crippen molar-refractivity contribution < 1.29 is 12.8 Å². The first-order valence-corrected chi connectivity index (χ1v) is 5.87. The van der Waals surface area contributed by atoms with Crippen LogP contribution in [0.15, 0.2) is 12.1 Å². The van der Waals surface area contributed by atoms with Gasteiger partial charge >= 0.3 is 0 Å². The van der Waals surface area contributed by atoms with Gasteiger partial charge in [-0.3, -0.25) is 0 Å². The third kappa shape index (κ3) is 2.59. The normalized spacial score (nSPS) is 11.6. The highest BCUT2D eigenvalue weighted by molar-refractivity contribution is 7.89. The average Bonchev–Trinajstić information content (AvgIpc) is 1.97. The zero-order valence-electron chi connectivity index (χ0n) is 7.62. The molecule has 0 fully saturated rings. The Balaban J connectivity index is 3.17. The van der Waals surface area contributed by atoms with E-state index in [1.54, 1.807) is 0 Å². The molecule has 0 radical (unpaired) electrons. The van der Waals surface area contributed by atoms with Crippen LogP contribution in [0, 0.1) is 5.82 Å². The SMILES string of the molecule is CS(=O)(=O)Cc1cc(N)c(F)cc1N. The molecule has 0 heterocycles. The van der Waals surface area contributed by atoms with Gasteiger partial charge in [0.1, 0.15) is 5.82 Å². The van der Waals surface area contributed by atoms with E-state index >= 15 is 0 Å². The lowest BCUT2D eigenvalue weighted by molar-refractivity contribution is 0.601. The number of nitrogens with two attached hydrogens (primary N) is 2. The molecule has 0 spiro atoms. The van der Waals surface area contributed by atoms with E-state index in [0.717, 1.165) is 12.3 Å². The van der Waals surface area contributed by atoms with Gasteiger partial charge in [-0.25, -0.2) is 12.8 Å². The number of benzene rings is 1. The van der Waals surface area contributed by atoms with Crippen molar-refractivity contribution in [2.45, 2.75) is 5.75 Å². The molecule has 0 atom stereocenters. The molecule has 0 saturated heterocycles. The maximum Gasteiger partial charge on any atom is 0.151 e. The number of halogens is 1. The molecule has 4 N–H and O–H groups in total. The minimum atomic E-state index is -3.19. The van der Waals surface area contributed by atoms with E-state index in [2.05, 4.69) is 0 Å². The molecule has 1 rings (SSSR count). The molecule has 0 saturated carbocycles. The van der Waals surface area contributed by atoms with Gasteiger partial charge in [0, 0.05) is 11.9 Å². The molecule has 0 aliphatic rings. The molecular formula is C8H11FN2O2S. The largest absolute Gasteiger partial charge is 0.398 e. The van der Waals surface area contributed by atoms with Crippen molar-refractivity contribution in [3.8, 4) is 0 Å². The minimum absolute atomic E-state index is 0.0992. The molecule has 0 aromatic heterocycles. The number of anilines is 2. The molecular weight excluding hydrogens is 207 g/mol. The van der Waals surface area contributed by atoms with Gasteiger partial charge in [0.15, 0.2) is 9.84 Å². The van der Waals surface area contributed by atoms with Gasteiger partial charge in [0.25, 0.3) is 0 Å². The summed E-state index contributed by atoms with van der Waals surface area (Å²) in [6.07, 6.45) is 1.08. The molecule has 1 aromatic carbocycles. The maximum atomic E-state index is 12.8. The molecule has 0 aliphatic heterocycles. The Morgan fingerprint density at radius 3 is 2.36 bits per heavy atom. The minimum Gasteiger partial charge on any atom is -0.398 e. The fourth-order valence-corrected chi connectivity index (χ4v) is 1.87. The van der Waals surface area contributed by atoms with Crippen LogP contribution >= 0.6 is 0 Å². The molecule has 0 amide bonds.